The van der Waals surface area contributed by atoms with Gasteiger partial charge in [0.2, 0.25) is 0 Å². The highest BCUT2D eigenvalue weighted by molar-refractivity contribution is 7.11. The van der Waals surface area contributed by atoms with Gasteiger partial charge in [-0.1, -0.05) is 6.07 Å². The summed E-state index contributed by atoms with van der Waals surface area (Å²) >= 11 is 2.55. The number of thiazole rings is 1. The van der Waals surface area contributed by atoms with Gasteiger partial charge >= 0.3 is 0 Å². The molecule has 0 amide bonds. The summed E-state index contributed by atoms with van der Waals surface area (Å²) < 4.78 is 15.8. The molecule has 3 rings (SSSR count). The fourth-order valence-electron chi connectivity index (χ4n) is 2.38. The van der Waals surface area contributed by atoms with Gasteiger partial charge in [0.25, 0.3) is 5.56 Å². The highest BCUT2D eigenvalue weighted by Gasteiger charge is 2.13. The molecule has 7 heteroatoms. The van der Waals surface area contributed by atoms with E-state index >= 15 is 0 Å². The Hall–Kier alpha value is -3.00. The minimum atomic E-state index is -0.457. The molecule has 0 aliphatic carbocycles. The first-order valence-corrected chi connectivity index (χ1v) is 9.24. The number of benzene rings is 1. The normalized spacial score (nSPS) is 11.2. The summed E-state index contributed by atoms with van der Waals surface area (Å²) in [6.07, 6.45) is 1.74. The smallest absolute Gasteiger partial charge is 0.267 e. The average molecular weight is 381 g/mol. The maximum atomic E-state index is 14.0. The molecule has 26 heavy (non-hydrogen) atoms. The number of hydrogen-bond donors (Lipinski definition) is 0. The summed E-state index contributed by atoms with van der Waals surface area (Å²) in [6.45, 7) is 3.56. The van der Waals surface area contributed by atoms with E-state index in [1.165, 1.54) is 22.0 Å². The Morgan fingerprint density at radius 2 is 1.92 bits per heavy atom. The zero-order chi connectivity index (χ0) is 18.8. The molecule has 0 unspecified atom stereocenters. The minimum Gasteiger partial charge on any atom is -0.267 e. The molecule has 4 nitrogen and oxygen atoms in total. The van der Waals surface area contributed by atoms with E-state index in [1.54, 1.807) is 25.1 Å². The molecule has 0 aliphatic rings. The Balaban J connectivity index is 2.43. The van der Waals surface area contributed by atoms with E-state index in [2.05, 4.69) is 0 Å². The third-order valence-electron chi connectivity index (χ3n) is 3.84. The van der Waals surface area contributed by atoms with Gasteiger partial charge in [0.15, 0.2) is 5.57 Å². The number of nitriles is 2. The number of nitrogens with zero attached hydrogens (tertiary/aromatic N) is 3. The number of rotatable bonds is 2. The van der Waals surface area contributed by atoms with Crippen LogP contribution in [0.15, 0.2) is 34.4 Å². The largest absolute Gasteiger partial charge is 0.273 e. The van der Waals surface area contributed by atoms with Gasteiger partial charge < -0.3 is 0 Å². The second-order valence-electron chi connectivity index (χ2n) is 5.56. The van der Waals surface area contributed by atoms with Crippen LogP contribution in [0.1, 0.15) is 16.0 Å². The summed E-state index contributed by atoms with van der Waals surface area (Å²) in [5.74, 6) is -0.457. The average Bonchev–Trinajstić information content (AvgIpc) is 3.16. The molecule has 0 atom stereocenters. The first-order valence-electron chi connectivity index (χ1n) is 7.55. The van der Waals surface area contributed by atoms with E-state index in [0.717, 1.165) is 21.8 Å². The second-order valence-corrected chi connectivity index (χ2v) is 7.53. The first kappa shape index (κ1) is 17.8. The van der Waals surface area contributed by atoms with Crippen LogP contribution in [0.25, 0.3) is 17.3 Å². The van der Waals surface area contributed by atoms with Gasteiger partial charge in [-0.05, 0) is 54.6 Å². The van der Waals surface area contributed by atoms with Crippen LogP contribution in [0.4, 0.5) is 4.39 Å². The molecule has 0 radical (unpaired) electrons. The van der Waals surface area contributed by atoms with Crippen LogP contribution in [0.3, 0.4) is 0 Å². The second kappa shape index (κ2) is 7.09. The van der Waals surface area contributed by atoms with E-state index in [-0.39, 0.29) is 21.5 Å². The van der Waals surface area contributed by atoms with Crippen molar-refractivity contribution in [1.82, 2.24) is 4.57 Å². The lowest BCUT2D eigenvalue weighted by Gasteiger charge is -2.04. The van der Waals surface area contributed by atoms with Crippen LogP contribution >= 0.6 is 22.7 Å². The number of hydrogen-bond acceptors (Lipinski definition) is 5. The third kappa shape index (κ3) is 3.11. The van der Waals surface area contributed by atoms with E-state index < -0.39 is 5.82 Å². The van der Waals surface area contributed by atoms with Crippen molar-refractivity contribution in [3.05, 3.63) is 71.0 Å². The molecule has 2 aromatic heterocycles. The Morgan fingerprint density at radius 3 is 2.50 bits per heavy atom. The maximum Gasteiger partial charge on any atom is 0.273 e. The number of halogens is 1. The minimum absolute atomic E-state index is 0.185. The van der Waals surface area contributed by atoms with Crippen molar-refractivity contribution in [2.75, 3.05) is 0 Å². The lowest BCUT2D eigenvalue weighted by Crippen LogP contribution is -2.30. The molecular weight excluding hydrogens is 369 g/mol. The molecule has 128 valence electrons. The van der Waals surface area contributed by atoms with Crippen LogP contribution in [0, 0.1) is 42.3 Å². The van der Waals surface area contributed by atoms with Gasteiger partial charge in [-0.15, -0.1) is 22.7 Å². The molecule has 0 saturated heterocycles. The highest BCUT2D eigenvalue weighted by Crippen LogP contribution is 2.16. The predicted octanol–water partition coefficient (Wildman–Crippen LogP) is 2.74. The SMILES string of the molecule is Cc1ccc(-n2c(=C(C#N)C#N)s/c(=C\c3sccc3C)c2=O)cc1F. The lowest BCUT2D eigenvalue weighted by atomic mass is 10.2. The molecule has 0 saturated carbocycles. The zero-order valence-corrected chi connectivity index (χ0v) is 15.5. The summed E-state index contributed by atoms with van der Waals surface area (Å²) in [5, 5.41) is 20.4. The van der Waals surface area contributed by atoms with Crippen LogP contribution < -0.4 is 14.8 Å². The van der Waals surface area contributed by atoms with E-state index in [0.29, 0.717) is 10.1 Å². The molecule has 3 aromatic rings. The van der Waals surface area contributed by atoms with Gasteiger partial charge in [0, 0.05) is 4.88 Å². The summed E-state index contributed by atoms with van der Waals surface area (Å²) in [7, 11) is 0. The van der Waals surface area contributed by atoms with Crippen molar-refractivity contribution in [3.8, 4) is 17.8 Å². The standard InChI is InChI=1S/C19H12FN3OS2/c1-11-3-4-14(7-15(11)20)23-18(24)17(8-16-12(2)5-6-25-16)26-19(23)13(9-21)10-22/h3-8H,1-2H3/b17-8-. The van der Waals surface area contributed by atoms with Crippen molar-refractivity contribution in [3.63, 3.8) is 0 Å². The zero-order valence-electron chi connectivity index (χ0n) is 13.9. The molecule has 1 aromatic carbocycles. The van der Waals surface area contributed by atoms with E-state index in [4.69, 9.17) is 0 Å². The number of aryl methyl sites for hydroxylation is 2. The van der Waals surface area contributed by atoms with Crippen LogP contribution in [-0.2, 0) is 0 Å². The highest BCUT2D eigenvalue weighted by atomic mass is 32.1. The van der Waals surface area contributed by atoms with E-state index in [9.17, 15) is 19.7 Å². The quantitative estimate of drug-likeness (QED) is 0.685. The molecule has 0 N–H and O–H groups in total. The van der Waals surface area contributed by atoms with Crippen LogP contribution in [0.2, 0.25) is 0 Å². The summed E-state index contributed by atoms with van der Waals surface area (Å²) in [5.41, 5.74) is 1.20. The first-order chi connectivity index (χ1) is 12.5. The summed E-state index contributed by atoms with van der Waals surface area (Å²) in [6, 6.07) is 9.97. The van der Waals surface area contributed by atoms with Crippen molar-refractivity contribution < 1.29 is 4.39 Å². The number of thiophene rings is 1. The molecular formula is C19H12FN3OS2. The molecule has 2 heterocycles. The Bertz CT molecular complexity index is 1250. The van der Waals surface area contributed by atoms with Gasteiger partial charge in [-0.3, -0.25) is 9.36 Å². The molecule has 0 aliphatic heterocycles. The van der Waals surface area contributed by atoms with Gasteiger partial charge in [-0.2, -0.15) is 10.5 Å². The van der Waals surface area contributed by atoms with Gasteiger partial charge in [-0.25, -0.2) is 4.39 Å². The number of aromatic nitrogens is 1. The van der Waals surface area contributed by atoms with Crippen LogP contribution in [0.5, 0.6) is 0 Å². The molecule has 0 fully saturated rings. The predicted molar refractivity (Wildman–Crippen MR) is 101 cm³/mol. The summed E-state index contributed by atoms with van der Waals surface area (Å²) in [4.78, 5) is 13.9. The van der Waals surface area contributed by atoms with Crippen molar-refractivity contribution in [1.29, 1.82) is 10.5 Å². The third-order valence-corrected chi connectivity index (χ3v) is 5.90. The Morgan fingerprint density at radius 1 is 1.19 bits per heavy atom. The van der Waals surface area contributed by atoms with Gasteiger partial charge in [0.05, 0.1) is 10.2 Å². The van der Waals surface area contributed by atoms with Crippen LogP contribution in [-0.4, -0.2) is 4.57 Å². The van der Waals surface area contributed by atoms with Gasteiger partial charge in [0.1, 0.15) is 22.6 Å². The maximum absolute atomic E-state index is 14.0. The monoisotopic (exact) mass is 381 g/mol. The fourth-order valence-corrected chi connectivity index (χ4v) is 4.35. The lowest BCUT2D eigenvalue weighted by molar-refractivity contribution is 0.617. The fraction of sp³-hybridized carbons (Fsp3) is 0.105. The van der Waals surface area contributed by atoms with E-state index in [1.807, 2.05) is 30.5 Å². The Kier molecular flexibility index (Phi) is 4.85. The van der Waals surface area contributed by atoms with Crippen molar-refractivity contribution >= 4 is 34.3 Å². The Labute approximate surface area is 156 Å². The molecule has 0 bridgehead atoms. The van der Waals surface area contributed by atoms with Crippen molar-refractivity contribution in [2.45, 2.75) is 13.8 Å². The topological polar surface area (TPSA) is 69.6 Å². The molecule has 0 spiro atoms. The van der Waals surface area contributed by atoms with Crippen molar-refractivity contribution in [2.24, 2.45) is 0 Å².